The summed E-state index contributed by atoms with van der Waals surface area (Å²) in [5.41, 5.74) is 6.59. The van der Waals surface area contributed by atoms with Gasteiger partial charge in [-0.15, -0.1) is 0 Å². The molecule has 0 bridgehead atoms. The summed E-state index contributed by atoms with van der Waals surface area (Å²) in [4.78, 5) is 4.07. The van der Waals surface area contributed by atoms with E-state index in [4.69, 9.17) is 15.2 Å². The molecule has 2 N–H and O–H groups in total. The van der Waals surface area contributed by atoms with Gasteiger partial charge in [0.2, 0.25) is 0 Å². The van der Waals surface area contributed by atoms with Crippen LogP contribution >= 0.6 is 0 Å². The zero-order chi connectivity index (χ0) is 13.9. The third-order valence-corrected chi connectivity index (χ3v) is 2.70. The quantitative estimate of drug-likeness (QED) is 0.678. The van der Waals surface area contributed by atoms with Gasteiger partial charge in [0.15, 0.2) is 0 Å². The fraction of sp³-hybridized carbons (Fsp3) is 0.400. The Bertz CT molecular complexity index is 562. The Morgan fingerprint density at radius 1 is 1.16 bits per heavy atom. The first-order valence-electron chi connectivity index (χ1n) is 6.36. The van der Waals surface area contributed by atoms with E-state index in [9.17, 15) is 0 Å². The van der Waals surface area contributed by atoms with Crippen molar-refractivity contribution in [2.24, 2.45) is 0 Å². The van der Waals surface area contributed by atoms with E-state index >= 15 is 0 Å². The molecule has 0 aliphatic heterocycles. The summed E-state index contributed by atoms with van der Waals surface area (Å²) in [6.45, 7) is 7.08. The van der Waals surface area contributed by atoms with Crippen LogP contribution in [0.25, 0.3) is 10.8 Å². The average Bonchev–Trinajstić information content (AvgIpc) is 2.36. The summed E-state index contributed by atoms with van der Waals surface area (Å²) in [5.74, 6) is 0.691. The van der Waals surface area contributed by atoms with E-state index in [2.05, 4.69) is 4.98 Å². The number of anilines is 1. The number of hydrogen-bond donors (Lipinski definition) is 1. The first kappa shape index (κ1) is 13.6. The zero-order valence-corrected chi connectivity index (χ0v) is 11.6. The smallest absolute Gasteiger partial charge is 0.142 e. The van der Waals surface area contributed by atoms with Gasteiger partial charge >= 0.3 is 0 Å². The molecule has 0 radical (unpaired) electrons. The number of nitrogens with two attached hydrogens (primary N) is 1. The number of rotatable bonds is 4. The first-order chi connectivity index (χ1) is 8.97. The second-order valence-electron chi connectivity index (χ2n) is 5.38. The largest absolute Gasteiger partial charge is 0.489 e. The van der Waals surface area contributed by atoms with Crippen LogP contribution in [0, 0.1) is 0 Å². The van der Waals surface area contributed by atoms with Gasteiger partial charge in [-0.3, -0.25) is 4.98 Å². The Morgan fingerprint density at radius 3 is 2.68 bits per heavy atom. The van der Waals surface area contributed by atoms with Crippen molar-refractivity contribution < 1.29 is 9.47 Å². The molecule has 4 heteroatoms. The van der Waals surface area contributed by atoms with Crippen molar-refractivity contribution in [3.63, 3.8) is 0 Å². The molecule has 0 saturated carbocycles. The lowest BCUT2D eigenvalue weighted by molar-refractivity contribution is -0.0161. The molecule has 1 aromatic heterocycles. The minimum Gasteiger partial charge on any atom is -0.489 e. The Hall–Kier alpha value is -1.81. The summed E-state index contributed by atoms with van der Waals surface area (Å²) in [6, 6.07) is 5.72. The molecule has 0 unspecified atom stereocenters. The lowest BCUT2D eigenvalue weighted by Crippen LogP contribution is -2.22. The number of pyridine rings is 1. The standard InChI is InChI=1S/C15H20N2O2/c1-15(2,3)19-9-8-18-13-5-4-11-10-17-7-6-12(11)14(13)16/h4-7,10H,8-9,16H2,1-3H3. The first-order valence-corrected chi connectivity index (χ1v) is 6.36. The number of benzene rings is 1. The molecule has 4 nitrogen and oxygen atoms in total. The van der Waals surface area contributed by atoms with E-state index in [1.165, 1.54) is 0 Å². The maximum atomic E-state index is 6.09. The van der Waals surface area contributed by atoms with Gasteiger partial charge in [0.05, 0.1) is 17.9 Å². The van der Waals surface area contributed by atoms with Gasteiger partial charge in [-0.05, 0) is 39.0 Å². The van der Waals surface area contributed by atoms with Crippen LogP contribution in [0.5, 0.6) is 5.75 Å². The average molecular weight is 260 g/mol. The normalized spacial score (nSPS) is 11.7. The van der Waals surface area contributed by atoms with Crippen LogP contribution in [-0.4, -0.2) is 23.8 Å². The van der Waals surface area contributed by atoms with E-state index in [-0.39, 0.29) is 5.60 Å². The molecule has 0 atom stereocenters. The highest BCUT2D eigenvalue weighted by atomic mass is 16.5. The summed E-state index contributed by atoms with van der Waals surface area (Å²) in [5, 5.41) is 1.97. The van der Waals surface area contributed by atoms with Gasteiger partial charge in [0.1, 0.15) is 12.4 Å². The molecule has 0 amide bonds. The van der Waals surface area contributed by atoms with Crippen molar-refractivity contribution in [2.75, 3.05) is 18.9 Å². The van der Waals surface area contributed by atoms with Crippen LogP contribution in [0.4, 0.5) is 5.69 Å². The van der Waals surface area contributed by atoms with E-state index in [1.54, 1.807) is 12.4 Å². The molecule has 0 aliphatic carbocycles. The van der Waals surface area contributed by atoms with Crippen molar-refractivity contribution in [3.8, 4) is 5.75 Å². The molecule has 0 saturated heterocycles. The lowest BCUT2D eigenvalue weighted by Gasteiger charge is -2.19. The molecule has 1 aromatic carbocycles. The van der Waals surface area contributed by atoms with E-state index in [0.717, 1.165) is 10.8 Å². The second kappa shape index (κ2) is 5.45. The molecule has 1 heterocycles. The van der Waals surface area contributed by atoms with Gasteiger partial charge in [-0.1, -0.05) is 0 Å². The highest BCUT2D eigenvalue weighted by Crippen LogP contribution is 2.29. The highest BCUT2D eigenvalue weighted by molar-refractivity contribution is 5.95. The summed E-state index contributed by atoms with van der Waals surface area (Å²) >= 11 is 0. The molecular weight excluding hydrogens is 240 g/mol. The number of fused-ring (bicyclic) bond motifs is 1. The third kappa shape index (κ3) is 3.58. The van der Waals surface area contributed by atoms with Gasteiger partial charge in [-0.2, -0.15) is 0 Å². The third-order valence-electron chi connectivity index (χ3n) is 2.70. The molecule has 2 rings (SSSR count). The van der Waals surface area contributed by atoms with Gasteiger partial charge in [0.25, 0.3) is 0 Å². The summed E-state index contributed by atoms with van der Waals surface area (Å²) in [6.07, 6.45) is 3.52. The van der Waals surface area contributed by atoms with Crippen LogP contribution in [0.1, 0.15) is 20.8 Å². The number of aromatic nitrogens is 1. The maximum absolute atomic E-state index is 6.09. The molecule has 0 fully saturated rings. The predicted octanol–water partition coefficient (Wildman–Crippen LogP) is 3.01. The minimum absolute atomic E-state index is 0.149. The number of nitrogens with zero attached hydrogens (tertiary/aromatic N) is 1. The maximum Gasteiger partial charge on any atom is 0.142 e. The molecule has 2 aromatic rings. The number of ether oxygens (including phenoxy) is 2. The molecule has 0 spiro atoms. The Morgan fingerprint density at radius 2 is 1.95 bits per heavy atom. The highest BCUT2D eigenvalue weighted by Gasteiger charge is 2.10. The number of nitrogen functional groups attached to an aromatic ring is 1. The minimum atomic E-state index is -0.149. The fourth-order valence-electron chi connectivity index (χ4n) is 1.80. The SMILES string of the molecule is CC(C)(C)OCCOc1ccc2cnccc2c1N. The summed E-state index contributed by atoms with van der Waals surface area (Å²) in [7, 11) is 0. The van der Waals surface area contributed by atoms with E-state index in [0.29, 0.717) is 24.7 Å². The van der Waals surface area contributed by atoms with Crippen LogP contribution in [0.3, 0.4) is 0 Å². The molecular formula is C15H20N2O2. The van der Waals surface area contributed by atoms with Crippen molar-refractivity contribution >= 4 is 16.5 Å². The topological polar surface area (TPSA) is 57.4 Å². The molecule has 102 valence electrons. The van der Waals surface area contributed by atoms with Crippen molar-refractivity contribution in [3.05, 3.63) is 30.6 Å². The lowest BCUT2D eigenvalue weighted by atomic mass is 10.1. The molecule has 19 heavy (non-hydrogen) atoms. The van der Waals surface area contributed by atoms with Gasteiger partial charge in [-0.25, -0.2) is 0 Å². The van der Waals surface area contributed by atoms with Crippen LogP contribution in [0.2, 0.25) is 0 Å². The Labute approximate surface area is 113 Å². The monoisotopic (exact) mass is 260 g/mol. The van der Waals surface area contributed by atoms with Crippen molar-refractivity contribution in [2.45, 2.75) is 26.4 Å². The van der Waals surface area contributed by atoms with Crippen LogP contribution < -0.4 is 10.5 Å². The zero-order valence-electron chi connectivity index (χ0n) is 11.6. The number of hydrogen-bond acceptors (Lipinski definition) is 4. The Kier molecular flexibility index (Phi) is 3.90. The van der Waals surface area contributed by atoms with Crippen LogP contribution in [0.15, 0.2) is 30.6 Å². The van der Waals surface area contributed by atoms with E-state index < -0.39 is 0 Å². The molecule has 0 aliphatic rings. The van der Waals surface area contributed by atoms with Crippen LogP contribution in [-0.2, 0) is 4.74 Å². The summed E-state index contributed by atoms with van der Waals surface area (Å²) < 4.78 is 11.3. The van der Waals surface area contributed by atoms with Crippen molar-refractivity contribution in [1.82, 2.24) is 4.98 Å². The van der Waals surface area contributed by atoms with Crippen molar-refractivity contribution in [1.29, 1.82) is 0 Å². The Balaban J connectivity index is 2.03. The van der Waals surface area contributed by atoms with Gasteiger partial charge in [0, 0.05) is 23.2 Å². The second-order valence-corrected chi connectivity index (χ2v) is 5.38. The van der Waals surface area contributed by atoms with Gasteiger partial charge < -0.3 is 15.2 Å². The fourth-order valence-corrected chi connectivity index (χ4v) is 1.80. The predicted molar refractivity (Wildman–Crippen MR) is 77.4 cm³/mol. The van der Waals surface area contributed by atoms with E-state index in [1.807, 2.05) is 39.0 Å².